The molecule has 0 atom stereocenters. The molecule has 1 N–H and O–H groups in total. The summed E-state index contributed by atoms with van der Waals surface area (Å²) < 4.78 is 54.4. The van der Waals surface area contributed by atoms with Crippen molar-refractivity contribution in [1.29, 1.82) is 0 Å². The van der Waals surface area contributed by atoms with Crippen LogP contribution < -0.4 is 5.46 Å². The zero-order chi connectivity index (χ0) is 56.8. The monoisotopic (exact) mass is 1300 g/mol. The van der Waals surface area contributed by atoms with Gasteiger partial charge in [0, 0.05) is 39.7 Å². The predicted molar refractivity (Wildman–Crippen MR) is 308 cm³/mol. The van der Waals surface area contributed by atoms with Gasteiger partial charge in [0.25, 0.3) is 0 Å². The van der Waals surface area contributed by atoms with Gasteiger partial charge < -0.3 is 18.8 Å². The quantitative estimate of drug-likeness (QED) is 0.101. The molecule has 0 unspecified atom stereocenters. The van der Waals surface area contributed by atoms with Crippen LogP contribution in [0.5, 0.6) is 0 Å². The molecule has 1 aliphatic heterocycles. The summed E-state index contributed by atoms with van der Waals surface area (Å²) in [6, 6.07) is 26.0. The van der Waals surface area contributed by atoms with Gasteiger partial charge in [-0.2, -0.15) is 24.7 Å². The van der Waals surface area contributed by atoms with Crippen LogP contribution in [0.3, 0.4) is 0 Å². The van der Waals surface area contributed by atoms with E-state index in [2.05, 4.69) is 90.2 Å². The minimum absolute atomic E-state index is 0.0781. The molecule has 0 amide bonds. The normalized spacial score (nSPS) is 13.6. The first kappa shape index (κ1) is 61.4. The molecule has 14 nitrogen and oxygen atoms in total. The highest BCUT2D eigenvalue weighted by Gasteiger charge is 2.51. The van der Waals surface area contributed by atoms with E-state index in [9.17, 15) is 28.0 Å². The number of carbonyl (C=O) groups excluding carboxylic acids is 4. The van der Waals surface area contributed by atoms with Crippen molar-refractivity contribution in [3.8, 4) is 0 Å². The number of aromatic amines is 1. The number of hydrogen-bond donors (Lipinski definition) is 1. The molecule has 0 saturated carbocycles. The summed E-state index contributed by atoms with van der Waals surface area (Å²) in [5.41, 5.74) is 4.35. The first-order valence-electron chi connectivity index (χ1n) is 23.6. The van der Waals surface area contributed by atoms with Crippen LogP contribution in [-0.2, 0) is 18.8 Å². The second-order valence-electron chi connectivity index (χ2n) is 20.5. The van der Waals surface area contributed by atoms with Gasteiger partial charge in [-0.15, -0.1) is 0 Å². The van der Waals surface area contributed by atoms with Crippen LogP contribution in [0.15, 0.2) is 109 Å². The Bertz CT molecular complexity index is 3420. The molecule has 21 heteroatoms. The fourth-order valence-electron chi connectivity index (χ4n) is 7.02. The number of ketones is 1. The Morgan fingerprint density at radius 2 is 1.07 bits per heavy atom. The van der Waals surface area contributed by atoms with Gasteiger partial charge in [-0.3, -0.25) is 14.7 Å². The van der Waals surface area contributed by atoms with Crippen molar-refractivity contribution in [3.63, 3.8) is 0 Å². The van der Waals surface area contributed by atoms with Gasteiger partial charge in [-0.25, -0.2) is 18.4 Å². The fourth-order valence-corrected chi connectivity index (χ4v) is 8.49. The summed E-state index contributed by atoms with van der Waals surface area (Å²) in [6.45, 7) is 26.2. The second-order valence-corrected chi connectivity index (χ2v) is 24.1. The third kappa shape index (κ3) is 16.1. The third-order valence-corrected chi connectivity index (χ3v) is 13.4. The number of H-pyrrole nitrogens is 1. The Kier molecular flexibility index (Phi) is 20.1. The first-order chi connectivity index (χ1) is 35.2. The summed E-state index contributed by atoms with van der Waals surface area (Å²) in [5, 5.41) is 18.6. The van der Waals surface area contributed by atoms with Crippen LogP contribution in [-0.4, -0.2) is 83.5 Å². The molecular formula is C55H59BBr4F2N6O8. The topological polar surface area (TPSA) is 170 Å². The molecule has 5 aromatic carbocycles. The summed E-state index contributed by atoms with van der Waals surface area (Å²) in [4.78, 5) is 45.3. The standard InChI is InChI=1S/C19H27BN2O4.C13H15BrN2O2.C8H6BrFO.C8H7BrN2.C7H4BrFO/c1-12-14-11-13(20-25-18(5,6)19(7,8)26-20)9-10-15(14)22(21-12)16(23)24-17(2,3)4;1-8-10-7-9(14)5-6-11(10)16(15-8)12(17)18-13(2,3)4;1-5(11)7-4-6(9)2-3-8(7)10;1-5-7-4-6(9)2-3-8(7)11-10-5;8-6-1-2-7(9)5(3-6)4-10/h9-11H,1-8H3;5-7H,1-4H3;2-4H,1H3;2-4H,1H3,(H,10,11);1-4H. The largest absolute Gasteiger partial charge is 0.494 e. The van der Waals surface area contributed by atoms with Crippen LogP contribution >= 0.6 is 63.7 Å². The van der Waals surface area contributed by atoms with Crippen molar-refractivity contribution >= 4 is 133 Å². The molecule has 0 aliphatic carbocycles. The van der Waals surface area contributed by atoms with E-state index in [-0.39, 0.29) is 16.9 Å². The average molecular weight is 1300 g/mol. The van der Waals surface area contributed by atoms with E-state index in [4.69, 9.17) is 18.8 Å². The highest BCUT2D eigenvalue weighted by molar-refractivity contribution is 9.11. The van der Waals surface area contributed by atoms with Gasteiger partial charge in [0.05, 0.1) is 50.3 Å². The molecule has 1 saturated heterocycles. The lowest BCUT2D eigenvalue weighted by molar-refractivity contribution is 0.00578. The van der Waals surface area contributed by atoms with Crippen molar-refractivity contribution in [2.24, 2.45) is 0 Å². The molecule has 76 heavy (non-hydrogen) atoms. The molecule has 9 rings (SSSR count). The molecule has 0 radical (unpaired) electrons. The number of carbonyl (C=O) groups is 4. The molecule has 1 aliphatic rings. The number of ether oxygens (including phenoxy) is 2. The lowest BCUT2D eigenvalue weighted by Gasteiger charge is -2.32. The highest BCUT2D eigenvalue weighted by Crippen LogP contribution is 2.37. The number of hydrogen-bond acceptors (Lipinski definition) is 11. The highest BCUT2D eigenvalue weighted by atomic mass is 79.9. The van der Waals surface area contributed by atoms with E-state index in [0.717, 1.165) is 53.3 Å². The summed E-state index contributed by atoms with van der Waals surface area (Å²) in [6.07, 6.45) is -0.456. The zero-order valence-electron chi connectivity index (χ0n) is 44.6. The summed E-state index contributed by atoms with van der Waals surface area (Å²) in [5.74, 6) is -1.22. The lowest BCUT2D eigenvalue weighted by Crippen LogP contribution is -2.41. The van der Waals surface area contributed by atoms with E-state index < -0.39 is 53.3 Å². The van der Waals surface area contributed by atoms with Crippen molar-refractivity contribution in [2.75, 3.05) is 0 Å². The van der Waals surface area contributed by atoms with E-state index >= 15 is 0 Å². The maximum absolute atomic E-state index is 12.8. The van der Waals surface area contributed by atoms with Crippen molar-refractivity contribution in [2.45, 2.75) is 119 Å². The van der Waals surface area contributed by atoms with Gasteiger partial charge >= 0.3 is 19.3 Å². The Balaban J connectivity index is 0.000000186. The number of halogens is 6. The Hall–Kier alpha value is -5.45. The van der Waals surface area contributed by atoms with E-state index in [1.165, 1.54) is 45.9 Å². The van der Waals surface area contributed by atoms with Gasteiger partial charge in [0.2, 0.25) is 0 Å². The van der Waals surface area contributed by atoms with Crippen LogP contribution in [0.1, 0.15) is 114 Å². The van der Waals surface area contributed by atoms with Crippen LogP contribution in [0.25, 0.3) is 32.7 Å². The minimum Gasteiger partial charge on any atom is -0.442 e. The number of benzene rings is 5. The summed E-state index contributed by atoms with van der Waals surface area (Å²) in [7, 11) is -0.450. The smallest absolute Gasteiger partial charge is 0.442 e. The van der Waals surface area contributed by atoms with Crippen molar-refractivity contribution in [3.05, 3.63) is 149 Å². The van der Waals surface area contributed by atoms with Crippen molar-refractivity contribution in [1.82, 2.24) is 29.8 Å². The number of aromatic nitrogens is 6. The lowest BCUT2D eigenvalue weighted by atomic mass is 9.78. The predicted octanol–water partition coefficient (Wildman–Crippen LogP) is 15.1. The maximum Gasteiger partial charge on any atom is 0.494 e. The Morgan fingerprint density at radius 1 is 0.632 bits per heavy atom. The molecule has 3 aromatic heterocycles. The molecule has 0 spiro atoms. The molecule has 402 valence electrons. The third-order valence-electron chi connectivity index (χ3n) is 11.5. The molecule has 0 bridgehead atoms. The molecule has 4 heterocycles. The number of nitrogens with one attached hydrogen (secondary N) is 1. The summed E-state index contributed by atoms with van der Waals surface area (Å²) >= 11 is 13.1. The second kappa shape index (κ2) is 24.9. The molecular weight excluding hydrogens is 1240 g/mol. The molecule has 1 fully saturated rings. The van der Waals surface area contributed by atoms with Gasteiger partial charge in [0.15, 0.2) is 12.1 Å². The number of aldehydes is 1. The van der Waals surface area contributed by atoms with Crippen molar-refractivity contribution < 1.29 is 46.7 Å². The van der Waals surface area contributed by atoms with Crippen LogP contribution in [0, 0.1) is 32.4 Å². The van der Waals surface area contributed by atoms with Gasteiger partial charge in [0.1, 0.15) is 22.8 Å². The first-order valence-corrected chi connectivity index (χ1v) is 26.8. The van der Waals surface area contributed by atoms with Crippen LogP contribution in [0.2, 0.25) is 0 Å². The average Bonchev–Trinajstić information content (AvgIpc) is 4.03. The van der Waals surface area contributed by atoms with E-state index in [0.29, 0.717) is 20.7 Å². The fraction of sp³-hybridized carbons (Fsp3) is 0.327. The van der Waals surface area contributed by atoms with E-state index in [1.54, 1.807) is 12.1 Å². The number of aryl methyl sites for hydroxylation is 3. The number of nitrogens with zero attached hydrogens (tertiary/aromatic N) is 5. The zero-order valence-corrected chi connectivity index (χ0v) is 50.9. The van der Waals surface area contributed by atoms with Gasteiger partial charge in [-0.05, 0) is 181 Å². The number of Topliss-reactive ketones (excluding diaryl/α,β-unsaturated/α-hetero) is 1. The Labute approximate surface area is 474 Å². The number of rotatable bonds is 3. The Morgan fingerprint density at radius 3 is 1.54 bits per heavy atom. The maximum atomic E-state index is 12.8. The van der Waals surface area contributed by atoms with Crippen LogP contribution in [0.4, 0.5) is 18.4 Å². The van der Waals surface area contributed by atoms with E-state index in [1.807, 2.05) is 139 Å². The minimum atomic E-state index is -0.577. The SMILES string of the molecule is CC(=O)c1cc(Br)ccc1F.Cc1[nH]nc2ccc(Br)cc12.Cc1nn(C(=O)OC(C)(C)C)c2ccc(B3OC(C)(C)C(C)(C)O3)cc12.Cc1nn(C(=O)OC(C)(C)C)c2ccc(Br)cc12.O=Cc1cc(Br)ccc1F. The van der Waals surface area contributed by atoms with Gasteiger partial charge in [-0.1, -0.05) is 75.9 Å². The number of fused-ring (bicyclic) bond motifs is 3. The molecule has 8 aromatic rings.